The highest BCUT2D eigenvalue weighted by Crippen LogP contribution is 2.29. The normalized spacial score (nSPS) is 15.9. The highest BCUT2D eigenvalue weighted by molar-refractivity contribution is 5.93. The molecule has 17 heavy (non-hydrogen) atoms. The molecule has 1 aliphatic rings. The van der Waals surface area contributed by atoms with E-state index >= 15 is 0 Å². The first-order chi connectivity index (χ1) is 8.22. The predicted molar refractivity (Wildman–Crippen MR) is 66.1 cm³/mol. The minimum atomic E-state index is 0.0684. The molecule has 1 aliphatic carbocycles. The van der Waals surface area contributed by atoms with Crippen molar-refractivity contribution >= 4 is 11.7 Å². The Kier molecular flexibility index (Phi) is 3.61. The molecule has 2 rings (SSSR count). The number of hydrogen-bond donors (Lipinski definition) is 1. The SMILES string of the molecule is COc1c(C)ccnc1NC(=O)C1CCCC1. The lowest BCUT2D eigenvalue weighted by atomic mass is 10.1. The first-order valence-corrected chi connectivity index (χ1v) is 6.03. The number of nitrogens with zero attached hydrogens (tertiary/aromatic N) is 1. The summed E-state index contributed by atoms with van der Waals surface area (Å²) < 4.78 is 5.26. The first kappa shape index (κ1) is 11.9. The number of rotatable bonds is 3. The van der Waals surface area contributed by atoms with Crippen LogP contribution in [0.4, 0.5) is 5.82 Å². The summed E-state index contributed by atoms with van der Waals surface area (Å²) in [5.41, 5.74) is 0.976. The number of methoxy groups -OCH3 is 1. The van der Waals surface area contributed by atoms with E-state index in [9.17, 15) is 4.79 Å². The number of amides is 1. The first-order valence-electron chi connectivity index (χ1n) is 6.03. The van der Waals surface area contributed by atoms with Gasteiger partial charge in [0.15, 0.2) is 11.6 Å². The van der Waals surface area contributed by atoms with Crippen LogP contribution >= 0.6 is 0 Å². The van der Waals surface area contributed by atoms with Gasteiger partial charge in [-0.1, -0.05) is 12.8 Å². The third-order valence-corrected chi connectivity index (χ3v) is 3.27. The van der Waals surface area contributed by atoms with E-state index in [1.165, 1.54) is 0 Å². The van der Waals surface area contributed by atoms with E-state index in [1.807, 2.05) is 13.0 Å². The van der Waals surface area contributed by atoms with Gasteiger partial charge < -0.3 is 10.1 Å². The smallest absolute Gasteiger partial charge is 0.228 e. The summed E-state index contributed by atoms with van der Waals surface area (Å²) in [5, 5.41) is 2.87. The average molecular weight is 234 g/mol. The lowest BCUT2D eigenvalue weighted by Gasteiger charge is -2.13. The van der Waals surface area contributed by atoms with Gasteiger partial charge in [0, 0.05) is 12.1 Å². The summed E-state index contributed by atoms with van der Waals surface area (Å²) in [7, 11) is 1.59. The van der Waals surface area contributed by atoms with Crippen LogP contribution in [0.2, 0.25) is 0 Å². The topological polar surface area (TPSA) is 51.2 Å². The highest BCUT2D eigenvalue weighted by Gasteiger charge is 2.23. The molecular weight excluding hydrogens is 216 g/mol. The second kappa shape index (κ2) is 5.17. The molecule has 1 amide bonds. The van der Waals surface area contributed by atoms with Crippen molar-refractivity contribution in [3.8, 4) is 5.75 Å². The van der Waals surface area contributed by atoms with Gasteiger partial charge in [-0.3, -0.25) is 4.79 Å². The van der Waals surface area contributed by atoms with E-state index in [2.05, 4.69) is 10.3 Å². The Bertz CT molecular complexity index is 412. The van der Waals surface area contributed by atoms with E-state index in [0.717, 1.165) is 31.2 Å². The Morgan fingerprint density at radius 3 is 2.82 bits per heavy atom. The summed E-state index contributed by atoms with van der Waals surface area (Å²) in [5.74, 6) is 1.39. The van der Waals surface area contributed by atoms with Crippen molar-refractivity contribution in [2.24, 2.45) is 5.92 Å². The zero-order valence-electron chi connectivity index (χ0n) is 10.3. The number of aryl methyl sites for hydroxylation is 1. The van der Waals surface area contributed by atoms with Gasteiger partial charge in [0.25, 0.3) is 0 Å². The Morgan fingerprint density at radius 2 is 2.18 bits per heavy atom. The van der Waals surface area contributed by atoms with Gasteiger partial charge in [0.2, 0.25) is 5.91 Å². The molecule has 1 aromatic heterocycles. The van der Waals surface area contributed by atoms with Crippen LogP contribution < -0.4 is 10.1 Å². The molecule has 0 aliphatic heterocycles. The van der Waals surface area contributed by atoms with Crippen LogP contribution in [0.5, 0.6) is 5.75 Å². The molecule has 0 unspecified atom stereocenters. The summed E-state index contributed by atoms with van der Waals surface area (Å²) >= 11 is 0. The average Bonchev–Trinajstić information content (AvgIpc) is 2.82. The molecule has 0 spiro atoms. The van der Waals surface area contributed by atoms with Crippen molar-refractivity contribution in [2.45, 2.75) is 32.6 Å². The quantitative estimate of drug-likeness (QED) is 0.874. The van der Waals surface area contributed by atoms with Gasteiger partial charge in [0.05, 0.1) is 7.11 Å². The third kappa shape index (κ3) is 2.57. The molecule has 92 valence electrons. The largest absolute Gasteiger partial charge is 0.493 e. The van der Waals surface area contributed by atoms with Crippen LogP contribution in [0.15, 0.2) is 12.3 Å². The van der Waals surface area contributed by atoms with E-state index in [4.69, 9.17) is 4.74 Å². The number of carbonyl (C=O) groups is 1. The molecule has 0 aromatic carbocycles. The maximum atomic E-state index is 12.0. The van der Waals surface area contributed by atoms with Gasteiger partial charge >= 0.3 is 0 Å². The minimum absolute atomic E-state index is 0.0684. The standard InChI is InChI=1S/C13H18N2O2/c1-9-7-8-14-12(11(9)17-2)15-13(16)10-5-3-4-6-10/h7-8,10H,3-6H2,1-2H3,(H,14,15,16). The van der Waals surface area contributed by atoms with Gasteiger partial charge in [0.1, 0.15) is 0 Å². The van der Waals surface area contributed by atoms with Crippen LogP contribution in [0, 0.1) is 12.8 Å². The molecular formula is C13H18N2O2. The summed E-state index contributed by atoms with van der Waals surface area (Å²) in [4.78, 5) is 16.2. The Hall–Kier alpha value is -1.58. The predicted octanol–water partition coefficient (Wildman–Crippen LogP) is 2.53. The van der Waals surface area contributed by atoms with E-state index in [0.29, 0.717) is 11.6 Å². The lowest BCUT2D eigenvalue weighted by molar-refractivity contribution is -0.119. The molecule has 0 atom stereocenters. The Balaban J connectivity index is 2.12. The number of ether oxygens (including phenoxy) is 1. The number of anilines is 1. The summed E-state index contributed by atoms with van der Waals surface area (Å²) in [6.45, 7) is 1.94. The number of carbonyl (C=O) groups excluding carboxylic acids is 1. The third-order valence-electron chi connectivity index (χ3n) is 3.27. The van der Waals surface area contributed by atoms with E-state index in [-0.39, 0.29) is 11.8 Å². The van der Waals surface area contributed by atoms with Crippen LogP contribution in [-0.2, 0) is 4.79 Å². The van der Waals surface area contributed by atoms with Crippen molar-refractivity contribution in [3.63, 3.8) is 0 Å². The fourth-order valence-corrected chi connectivity index (χ4v) is 2.30. The second-order valence-electron chi connectivity index (χ2n) is 4.48. The molecule has 1 heterocycles. The van der Waals surface area contributed by atoms with E-state index < -0.39 is 0 Å². The Labute approximate surface area is 101 Å². The van der Waals surface area contributed by atoms with Crippen LogP contribution in [0.3, 0.4) is 0 Å². The fraction of sp³-hybridized carbons (Fsp3) is 0.538. The number of pyridine rings is 1. The molecule has 0 saturated heterocycles. The molecule has 0 bridgehead atoms. The van der Waals surface area contributed by atoms with Gasteiger partial charge in [-0.05, 0) is 31.4 Å². The van der Waals surface area contributed by atoms with Crippen LogP contribution in [-0.4, -0.2) is 18.0 Å². The van der Waals surface area contributed by atoms with Crippen molar-refractivity contribution in [1.29, 1.82) is 0 Å². The molecule has 4 heteroatoms. The van der Waals surface area contributed by atoms with Crippen LogP contribution in [0.1, 0.15) is 31.2 Å². The molecule has 0 radical (unpaired) electrons. The molecule has 1 saturated carbocycles. The zero-order valence-corrected chi connectivity index (χ0v) is 10.3. The molecule has 4 nitrogen and oxygen atoms in total. The lowest BCUT2D eigenvalue weighted by Crippen LogP contribution is -2.21. The van der Waals surface area contributed by atoms with Crippen LogP contribution in [0.25, 0.3) is 0 Å². The van der Waals surface area contributed by atoms with Crippen molar-refractivity contribution in [1.82, 2.24) is 4.98 Å². The number of aromatic nitrogens is 1. The molecule has 1 aromatic rings. The van der Waals surface area contributed by atoms with Crippen molar-refractivity contribution in [2.75, 3.05) is 12.4 Å². The van der Waals surface area contributed by atoms with Crippen molar-refractivity contribution in [3.05, 3.63) is 17.8 Å². The van der Waals surface area contributed by atoms with Gasteiger partial charge in [-0.25, -0.2) is 4.98 Å². The fourth-order valence-electron chi connectivity index (χ4n) is 2.30. The van der Waals surface area contributed by atoms with E-state index in [1.54, 1.807) is 13.3 Å². The summed E-state index contributed by atoms with van der Waals surface area (Å²) in [6.07, 6.45) is 5.95. The number of hydrogen-bond acceptors (Lipinski definition) is 3. The second-order valence-corrected chi connectivity index (χ2v) is 4.48. The van der Waals surface area contributed by atoms with Gasteiger partial charge in [-0.15, -0.1) is 0 Å². The maximum absolute atomic E-state index is 12.0. The monoisotopic (exact) mass is 234 g/mol. The molecule has 1 fully saturated rings. The van der Waals surface area contributed by atoms with Crippen molar-refractivity contribution < 1.29 is 9.53 Å². The maximum Gasteiger partial charge on any atom is 0.228 e. The minimum Gasteiger partial charge on any atom is -0.493 e. The van der Waals surface area contributed by atoms with Gasteiger partial charge in [-0.2, -0.15) is 0 Å². The number of nitrogens with one attached hydrogen (secondary N) is 1. The summed E-state index contributed by atoms with van der Waals surface area (Å²) in [6, 6.07) is 1.87. The zero-order chi connectivity index (χ0) is 12.3. The molecule has 1 N–H and O–H groups in total. The Morgan fingerprint density at radius 1 is 1.47 bits per heavy atom. The highest BCUT2D eigenvalue weighted by atomic mass is 16.5.